The molecule has 15 heavy (non-hydrogen) atoms. The summed E-state index contributed by atoms with van der Waals surface area (Å²) in [7, 11) is 0. The molecule has 1 rings (SSSR count). The molecule has 1 aromatic carbocycles. The molecule has 0 spiro atoms. The molecule has 1 aromatic rings. The predicted octanol–water partition coefficient (Wildman–Crippen LogP) is 4.12. The fourth-order valence-electron chi connectivity index (χ4n) is 1.34. The van der Waals surface area contributed by atoms with Gasteiger partial charge in [0.05, 0.1) is 12.1 Å². The summed E-state index contributed by atoms with van der Waals surface area (Å²) < 4.78 is 1.90. The van der Waals surface area contributed by atoms with Gasteiger partial charge in [-0.3, -0.25) is 0 Å². The molecule has 76 valence electrons. The maximum Gasteiger partial charge on any atom is 0.0628 e. The van der Waals surface area contributed by atoms with E-state index in [0.29, 0.717) is 12.8 Å². The second-order valence-electron chi connectivity index (χ2n) is 3.12. The Morgan fingerprint density at radius 1 is 1.00 bits per heavy atom. The van der Waals surface area contributed by atoms with Crippen LogP contribution in [0.25, 0.3) is 0 Å². The second kappa shape index (κ2) is 5.90. The van der Waals surface area contributed by atoms with Crippen LogP contribution in [0.2, 0.25) is 0 Å². The minimum absolute atomic E-state index is 0.00574. The lowest BCUT2D eigenvalue weighted by Crippen LogP contribution is -1.97. The second-order valence-corrected chi connectivity index (χ2v) is 4.96. The van der Waals surface area contributed by atoms with Gasteiger partial charge in [0.2, 0.25) is 0 Å². The van der Waals surface area contributed by atoms with Crippen molar-refractivity contribution in [3.05, 3.63) is 32.7 Å². The molecule has 0 bridgehead atoms. The normalized spacial score (nSPS) is 9.67. The van der Waals surface area contributed by atoms with Crippen LogP contribution >= 0.6 is 31.9 Å². The van der Waals surface area contributed by atoms with Crippen molar-refractivity contribution in [2.75, 3.05) is 0 Å². The first-order chi connectivity index (χ1) is 7.17. The van der Waals surface area contributed by atoms with Crippen LogP contribution in [0.5, 0.6) is 0 Å². The van der Waals surface area contributed by atoms with E-state index in [0.717, 1.165) is 14.5 Å². The predicted molar refractivity (Wildman–Crippen MR) is 65.0 cm³/mol. The van der Waals surface area contributed by atoms with Crippen LogP contribution in [0.15, 0.2) is 27.1 Å². The summed E-state index contributed by atoms with van der Waals surface area (Å²) in [5.41, 5.74) is 1.01. The summed E-state index contributed by atoms with van der Waals surface area (Å²) in [5.74, 6) is -0.00574. The number of nitrogens with zero attached hydrogens (tertiary/aromatic N) is 2. The minimum Gasteiger partial charge on any atom is -0.198 e. The molecule has 0 radical (unpaired) electrons. The van der Waals surface area contributed by atoms with Gasteiger partial charge in [-0.2, -0.15) is 10.5 Å². The zero-order valence-electron chi connectivity index (χ0n) is 7.87. The van der Waals surface area contributed by atoms with E-state index in [-0.39, 0.29) is 5.92 Å². The lowest BCUT2D eigenvalue weighted by molar-refractivity contribution is 0.725. The van der Waals surface area contributed by atoms with Crippen LogP contribution in [0.3, 0.4) is 0 Å². The molecule has 2 nitrogen and oxygen atoms in total. The van der Waals surface area contributed by atoms with Crippen molar-refractivity contribution >= 4 is 31.9 Å². The van der Waals surface area contributed by atoms with E-state index in [2.05, 4.69) is 44.0 Å². The molecule has 0 aliphatic heterocycles. The third-order valence-corrected chi connectivity index (χ3v) is 2.95. The standard InChI is InChI=1S/C11H8Br2N2/c12-10-5-9(6-11(13)7-10)8(1-3-14)2-4-15/h5-8H,1-2H2. The van der Waals surface area contributed by atoms with E-state index in [1.165, 1.54) is 0 Å². The average Bonchev–Trinajstić information content (AvgIpc) is 2.16. The van der Waals surface area contributed by atoms with Crippen molar-refractivity contribution in [2.24, 2.45) is 0 Å². The van der Waals surface area contributed by atoms with E-state index in [1.54, 1.807) is 0 Å². The van der Waals surface area contributed by atoms with Gasteiger partial charge < -0.3 is 0 Å². The van der Waals surface area contributed by atoms with Crippen LogP contribution in [0, 0.1) is 22.7 Å². The van der Waals surface area contributed by atoms with E-state index < -0.39 is 0 Å². The third-order valence-electron chi connectivity index (χ3n) is 2.03. The van der Waals surface area contributed by atoms with Crippen LogP contribution in [0.4, 0.5) is 0 Å². The molecule has 0 saturated heterocycles. The highest BCUT2D eigenvalue weighted by atomic mass is 79.9. The van der Waals surface area contributed by atoms with Gasteiger partial charge in [0.15, 0.2) is 0 Å². The van der Waals surface area contributed by atoms with E-state index in [9.17, 15) is 0 Å². The smallest absolute Gasteiger partial charge is 0.0628 e. The van der Waals surface area contributed by atoms with Crippen LogP contribution in [0.1, 0.15) is 24.3 Å². The molecule has 0 fully saturated rings. The van der Waals surface area contributed by atoms with E-state index in [1.807, 2.05) is 18.2 Å². The average molecular weight is 328 g/mol. The molecule has 0 saturated carbocycles. The number of rotatable bonds is 3. The Balaban J connectivity index is 3.01. The minimum atomic E-state index is -0.00574. The molecule has 0 aliphatic carbocycles. The Bertz CT molecular complexity index is 393. The number of nitriles is 2. The van der Waals surface area contributed by atoms with Crippen molar-refractivity contribution in [3.8, 4) is 12.1 Å². The summed E-state index contributed by atoms with van der Waals surface area (Å²) in [5, 5.41) is 17.4. The maximum atomic E-state index is 8.68. The summed E-state index contributed by atoms with van der Waals surface area (Å²) in [4.78, 5) is 0. The van der Waals surface area contributed by atoms with Crippen LogP contribution in [-0.4, -0.2) is 0 Å². The van der Waals surface area contributed by atoms with Gasteiger partial charge in [0.1, 0.15) is 0 Å². The molecular weight excluding hydrogens is 320 g/mol. The van der Waals surface area contributed by atoms with E-state index >= 15 is 0 Å². The zero-order valence-corrected chi connectivity index (χ0v) is 11.0. The topological polar surface area (TPSA) is 47.6 Å². The summed E-state index contributed by atoms with van der Waals surface area (Å²) >= 11 is 6.78. The van der Waals surface area contributed by atoms with Crippen LogP contribution in [-0.2, 0) is 0 Å². The van der Waals surface area contributed by atoms with Crippen molar-refractivity contribution in [1.29, 1.82) is 10.5 Å². The van der Waals surface area contributed by atoms with E-state index in [4.69, 9.17) is 10.5 Å². The summed E-state index contributed by atoms with van der Waals surface area (Å²) in [6.07, 6.45) is 0.743. The van der Waals surface area contributed by atoms with Gasteiger partial charge >= 0.3 is 0 Å². The number of halogens is 2. The van der Waals surface area contributed by atoms with Crippen LogP contribution < -0.4 is 0 Å². The van der Waals surface area contributed by atoms with Crippen molar-refractivity contribution in [2.45, 2.75) is 18.8 Å². The molecule has 0 N–H and O–H groups in total. The molecule has 0 atom stereocenters. The summed E-state index contributed by atoms with van der Waals surface area (Å²) in [6.45, 7) is 0. The Hall–Kier alpha value is -0.840. The zero-order chi connectivity index (χ0) is 11.3. The maximum absolute atomic E-state index is 8.68. The monoisotopic (exact) mass is 326 g/mol. The Morgan fingerprint density at radius 3 is 1.87 bits per heavy atom. The Labute approximate surface area is 106 Å². The lowest BCUT2D eigenvalue weighted by Gasteiger charge is -2.11. The Morgan fingerprint density at radius 2 is 1.47 bits per heavy atom. The molecule has 0 unspecified atom stereocenters. The molecule has 0 heterocycles. The number of hydrogen-bond acceptors (Lipinski definition) is 2. The molecule has 0 aliphatic rings. The fraction of sp³-hybridized carbons (Fsp3) is 0.273. The first-order valence-corrected chi connectivity index (χ1v) is 5.96. The number of hydrogen-bond donors (Lipinski definition) is 0. The van der Waals surface area contributed by atoms with Gasteiger partial charge in [0.25, 0.3) is 0 Å². The molecule has 4 heteroatoms. The van der Waals surface area contributed by atoms with Gasteiger partial charge in [0, 0.05) is 27.7 Å². The van der Waals surface area contributed by atoms with Gasteiger partial charge in [-0.25, -0.2) is 0 Å². The van der Waals surface area contributed by atoms with Crippen molar-refractivity contribution < 1.29 is 0 Å². The van der Waals surface area contributed by atoms with Crippen molar-refractivity contribution in [3.63, 3.8) is 0 Å². The first-order valence-electron chi connectivity index (χ1n) is 4.37. The van der Waals surface area contributed by atoms with Gasteiger partial charge in [-0.15, -0.1) is 0 Å². The van der Waals surface area contributed by atoms with Gasteiger partial charge in [-0.1, -0.05) is 31.9 Å². The van der Waals surface area contributed by atoms with Gasteiger partial charge in [-0.05, 0) is 23.8 Å². The Kier molecular flexibility index (Phi) is 4.81. The first kappa shape index (κ1) is 12.2. The SMILES string of the molecule is N#CCC(CC#N)c1cc(Br)cc(Br)c1. The summed E-state index contributed by atoms with van der Waals surface area (Å²) in [6, 6.07) is 10.0. The molecule has 0 aromatic heterocycles. The quantitative estimate of drug-likeness (QED) is 0.838. The largest absolute Gasteiger partial charge is 0.198 e. The third kappa shape index (κ3) is 3.66. The highest BCUT2D eigenvalue weighted by Crippen LogP contribution is 2.28. The number of benzene rings is 1. The fourth-order valence-corrected chi connectivity index (χ4v) is 2.67. The molecular formula is C11H8Br2N2. The highest BCUT2D eigenvalue weighted by molar-refractivity contribution is 9.11. The van der Waals surface area contributed by atoms with Crippen molar-refractivity contribution in [1.82, 2.24) is 0 Å². The lowest BCUT2D eigenvalue weighted by atomic mass is 9.94. The molecule has 0 amide bonds. The highest BCUT2D eigenvalue weighted by Gasteiger charge is 2.12.